The van der Waals surface area contributed by atoms with Gasteiger partial charge in [0, 0.05) is 27.6 Å². The molecule has 3 heteroatoms. The Morgan fingerprint density at radius 3 is 2.39 bits per heavy atom. The molecule has 0 saturated heterocycles. The lowest BCUT2D eigenvalue weighted by Gasteiger charge is -2.45. The van der Waals surface area contributed by atoms with Gasteiger partial charge >= 0.3 is 0 Å². The second kappa shape index (κ2) is 7.36. The fourth-order valence-electron chi connectivity index (χ4n) is 5.16. The number of hydrogen-bond acceptors (Lipinski definition) is 1. The smallest absolute Gasteiger partial charge is 0.123 e. The number of H-pyrrole nitrogens is 1. The third kappa shape index (κ3) is 3.16. The van der Waals surface area contributed by atoms with Crippen LogP contribution in [0.1, 0.15) is 62.8 Å². The monoisotopic (exact) mass is 378 g/mol. The number of fused-ring (bicyclic) bond motifs is 1. The summed E-state index contributed by atoms with van der Waals surface area (Å²) >= 11 is 0. The first-order valence-corrected chi connectivity index (χ1v) is 10.6. The Bertz CT molecular complexity index is 949. The first kappa shape index (κ1) is 19.2. The Kier molecular flexibility index (Phi) is 5.05. The normalized spacial score (nSPS) is 25.3. The molecule has 0 atom stereocenters. The van der Waals surface area contributed by atoms with E-state index in [0.29, 0.717) is 0 Å². The molecule has 0 radical (unpaired) electrons. The van der Waals surface area contributed by atoms with E-state index in [9.17, 15) is 4.39 Å². The van der Waals surface area contributed by atoms with Crippen molar-refractivity contribution in [1.29, 1.82) is 0 Å². The molecule has 1 aromatic heterocycles. The highest BCUT2D eigenvalue weighted by Crippen LogP contribution is 2.48. The molecule has 1 aliphatic carbocycles. The molecule has 0 unspecified atom stereocenters. The summed E-state index contributed by atoms with van der Waals surface area (Å²) in [6, 6.07) is 16.0. The molecule has 1 fully saturated rings. The Hall–Kier alpha value is -2.13. The number of aromatic nitrogens is 1. The van der Waals surface area contributed by atoms with Crippen molar-refractivity contribution in [2.24, 2.45) is 0 Å². The summed E-state index contributed by atoms with van der Waals surface area (Å²) in [5, 5.41) is 4.70. The molecule has 2 nitrogen and oxygen atoms in total. The standard InChI is InChI=1S/C25H31FN2/c1-4-8-20-21-17-19(26)11-12-22(21)28-23(20)24(2)13-15-25(27-3,16-14-24)18-9-6-5-7-10-18/h5-7,9-12,17,27-28H,4,8,13-16H2,1-3H3. The Balaban J connectivity index is 1.70. The fourth-order valence-corrected chi connectivity index (χ4v) is 5.16. The summed E-state index contributed by atoms with van der Waals surface area (Å²) < 4.78 is 13.9. The van der Waals surface area contributed by atoms with Crippen LogP contribution in [0.15, 0.2) is 48.5 Å². The molecular formula is C25H31FN2. The molecule has 2 N–H and O–H groups in total. The van der Waals surface area contributed by atoms with Crippen molar-refractivity contribution >= 4 is 10.9 Å². The molecule has 4 rings (SSSR count). The van der Waals surface area contributed by atoms with Crippen LogP contribution in [0.25, 0.3) is 10.9 Å². The van der Waals surface area contributed by atoms with E-state index in [-0.39, 0.29) is 16.8 Å². The molecule has 2 aromatic carbocycles. The van der Waals surface area contributed by atoms with Crippen molar-refractivity contribution in [2.45, 2.75) is 63.3 Å². The van der Waals surface area contributed by atoms with Crippen LogP contribution in [-0.2, 0) is 17.4 Å². The van der Waals surface area contributed by atoms with Gasteiger partial charge in [-0.15, -0.1) is 0 Å². The highest BCUT2D eigenvalue weighted by molar-refractivity contribution is 5.85. The summed E-state index contributed by atoms with van der Waals surface area (Å²) in [6.07, 6.45) is 6.46. The third-order valence-corrected chi connectivity index (χ3v) is 6.98. The Morgan fingerprint density at radius 2 is 1.75 bits per heavy atom. The van der Waals surface area contributed by atoms with Gasteiger partial charge in [0.05, 0.1) is 0 Å². The maximum absolute atomic E-state index is 13.9. The van der Waals surface area contributed by atoms with E-state index in [4.69, 9.17) is 0 Å². The average molecular weight is 379 g/mol. The van der Waals surface area contributed by atoms with Crippen LogP contribution >= 0.6 is 0 Å². The van der Waals surface area contributed by atoms with Gasteiger partial charge in [0.2, 0.25) is 0 Å². The van der Waals surface area contributed by atoms with Gasteiger partial charge in [-0.05, 0) is 68.5 Å². The van der Waals surface area contributed by atoms with E-state index >= 15 is 0 Å². The van der Waals surface area contributed by atoms with E-state index in [2.05, 4.69) is 61.5 Å². The predicted octanol–water partition coefficient (Wildman–Crippen LogP) is 6.21. The SMILES string of the molecule is CCCc1c(C2(C)CCC(NC)(c3ccccc3)CC2)[nH]c2ccc(F)cc12. The van der Waals surface area contributed by atoms with Gasteiger partial charge in [0.15, 0.2) is 0 Å². The number of benzene rings is 2. The number of aryl methyl sites for hydroxylation is 1. The zero-order valence-electron chi connectivity index (χ0n) is 17.2. The quantitative estimate of drug-likeness (QED) is 0.543. The van der Waals surface area contributed by atoms with Gasteiger partial charge in [-0.3, -0.25) is 0 Å². The van der Waals surface area contributed by atoms with Crippen LogP contribution in [0, 0.1) is 5.82 Å². The minimum absolute atomic E-state index is 0.0454. The van der Waals surface area contributed by atoms with Crippen molar-refractivity contribution in [2.75, 3.05) is 7.05 Å². The first-order chi connectivity index (χ1) is 13.5. The third-order valence-electron chi connectivity index (χ3n) is 6.98. The van der Waals surface area contributed by atoms with Crippen molar-refractivity contribution in [3.05, 3.63) is 71.2 Å². The van der Waals surface area contributed by atoms with Crippen LogP contribution < -0.4 is 5.32 Å². The molecule has 1 aliphatic rings. The maximum atomic E-state index is 13.9. The Morgan fingerprint density at radius 1 is 1.04 bits per heavy atom. The second-order valence-electron chi connectivity index (χ2n) is 8.68. The van der Waals surface area contributed by atoms with E-state index < -0.39 is 0 Å². The minimum Gasteiger partial charge on any atom is -0.358 e. The van der Waals surface area contributed by atoms with Crippen molar-refractivity contribution in [3.63, 3.8) is 0 Å². The number of rotatable bonds is 5. The van der Waals surface area contributed by atoms with Crippen LogP contribution in [0.4, 0.5) is 4.39 Å². The molecular weight excluding hydrogens is 347 g/mol. The van der Waals surface area contributed by atoms with E-state index in [1.807, 2.05) is 6.07 Å². The van der Waals surface area contributed by atoms with Crippen molar-refractivity contribution < 1.29 is 4.39 Å². The largest absolute Gasteiger partial charge is 0.358 e. The number of hydrogen-bond donors (Lipinski definition) is 2. The summed E-state index contributed by atoms with van der Waals surface area (Å²) in [6.45, 7) is 4.59. The van der Waals surface area contributed by atoms with E-state index in [0.717, 1.165) is 49.4 Å². The van der Waals surface area contributed by atoms with Crippen LogP contribution in [0.5, 0.6) is 0 Å². The van der Waals surface area contributed by atoms with Gasteiger partial charge < -0.3 is 10.3 Å². The number of nitrogens with one attached hydrogen (secondary N) is 2. The molecule has 1 saturated carbocycles. The van der Waals surface area contributed by atoms with Gasteiger partial charge in [0.25, 0.3) is 0 Å². The molecule has 1 heterocycles. The van der Waals surface area contributed by atoms with E-state index in [1.54, 1.807) is 12.1 Å². The van der Waals surface area contributed by atoms with Gasteiger partial charge in [0.1, 0.15) is 5.82 Å². The van der Waals surface area contributed by atoms with Crippen molar-refractivity contribution in [1.82, 2.24) is 10.3 Å². The highest BCUT2D eigenvalue weighted by Gasteiger charge is 2.42. The van der Waals surface area contributed by atoms with Gasteiger partial charge in [-0.2, -0.15) is 0 Å². The molecule has 0 bridgehead atoms. The average Bonchev–Trinajstić information content (AvgIpc) is 3.08. The minimum atomic E-state index is -0.150. The lowest BCUT2D eigenvalue weighted by atomic mass is 9.64. The number of aromatic amines is 1. The lowest BCUT2D eigenvalue weighted by molar-refractivity contribution is 0.178. The fraction of sp³-hybridized carbons (Fsp3) is 0.440. The van der Waals surface area contributed by atoms with Gasteiger partial charge in [-0.25, -0.2) is 4.39 Å². The first-order valence-electron chi connectivity index (χ1n) is 10.6. The lowest BCUT2D eigenvalue weighted by Crippen LogP contribution is -2.46. The summed E-state index contributed by atoms with van der Waals surface area (Å²) in [5.41, 5.74) is 5.23. The summed E-state index contributed by atoms with van der Waals surface area (Å²) in [7, 11) is 2.09. The molecule has 148 valence electrons. The molecule has 0 spiro atoms. The number of halogens is 1. The topological polar surface area (TPSA) is 27.8 Å². The second-order valence-corrected chi connectivity index (χ2v) is 8.68. The van der Waals surface area contributed by atoms with Crippen LogP contribution in [0.3, 0.4) is 0 Å². The zero-order valence-corrected chi connectivity index (χ0v) is 17.2. The van der Waals surface area contributed by atoms with Crippen molar-refractivity contribution in [3.8, 4) is 0 Å². The molecule has 0 amide bonds. The summed E-state index contributed by atoms with van der Waals surface area (Å²) in [4.78, 5) is 3.68. The Labute approximate surface area is 167 Å². The molecule has 0 aliphatic heterocycles. The maximum Gasteiger partial charge on any atom is 0.123 e. The summed E-state index contributed by atoms with van der Waals surface area (Å²) in [5.74, 6) is -0.150. The zero-order chi connectivity index (χ0) is 19.8. The molecule has 28 heavy (non-hydrogen) atoms. The predicted molar refractivity (Wildman–Crippen MR) is 115 cm³/mol. The van der Waals surface area contributed by atoms with E-state index in [1.165, 1.54) is 16.8 Å². The van der Waals surface area contributed by atoms with Crippen LogP contribution in [0.2, 0.25) is 0 Å². The molecule has 3 aromatic rings. The highest BCUT2D eigenvalue weighted by atomic mass is 19.1. The van der Waals surface area contributed by atoms with Gasteiger partial charge in [-0.1, -0.05) is 50.6 Å². The van der Waals surface area contributed by atoms with Crippen LogP contribution in [-0.4, -0.2) is 12.0 Å².